The van der Waals surface area contributed by atoms with Gasteiger partial charge in [-0.2, -0.15) is 0 Å². The average molecular weight is 362 g/mol. The molecule has 0 bridgehead atoms. The maximum atomic E-state index is 12.7. The Bertz CT molecular complexity index is 990. The Balaban J connectivity index is 1.51. The molecule has 1 aliphatic rings. The first-order valence-electron chi connectivity index (χ1n) is 8.79. The lowest BCUT2D eigenvalue weighted by atomic mass is 10.2. The molecule has 3 aromatic rings. The molecular weight excluding hydrogens is 344 g/mol. The molecule has 0 spiro atoms. The van der Waals surface area contributed by atoms with Crippen LogP contribution in [0.5, 0.6) is 0 Å². The van der Waals surface area contributed by atoms with Crippen molar-refractivity contribution in [3.8, 4) is 0 Å². The van der Waals surface area contributed by atoms with Gasteiger partial charge in [0.05, 0.1) is 22.0 Å². The molecule has 1 N–H and O–H groups in total. The number of carbonyl (C=O) groups is 1. The van der Waals surface area contributed by atoms with Crippen molar-refractivity contribution >= 4 is 28.7 Å². The Morgan fingerprint density at radius 3 is 2.74 bits per heavy atom. The molecule has 136 valence electrons. The number of nitro benzene ring substituents is 1. The quantitative estimate of drug-likeness (QED) is 0.433. The number of aromatic amines is 1. The van der Waals surface area contributed by atoms with Crippen LogP contribution in [0.4, 0.5) is 5.69 Å². The molecule has 1 amide bonds. The molecule has 27 heavy (non-hydrogen) atoms. The maximum Gasteiger partial charge on any atom is 0.269 e. The smallest absolute Gasteiger partial charge is 0.269 e. The van der Waals surface area contributed by atoms with Crippen molar-refractivity contribution in [2.75, 3.05) is 6.54 Å². The Hall–Kier alpha value is -3.48. The van der Waals surface area contributed by atoms with E-state index in [-0.39, 0.29) is 17.6 Å². The minimum Gasteiger partial charge on any atom is -0.340 e. The van der Waals surface area contributed by atoms with Gasteiger partial charge in [0.15, 0.2) is 0 Å². The number of benzene rings is 2. The summed E-state index contributed by atoms with van der Waals surface area (Å²) in [4.78, 5) is 32.7. The number of hydrogen-bond acceptors (Lipinski definition) is 4. The molecular formula is C20H18N4O3. The highest BCUT2D eigenvalue weighted by molar-refractivity contribution is 5.92. The Kier molecular flexibility index (Phi) is 4.42. The summed E-state index contributed by atoms with van der Waals surface area (Å²) in [5.74, 6) is 0.724. The molecule has 1 saturated heterocycles. The minimum atomic E-state index is -0.444. The van der Waals surface area contributed by atoms with Gasteiger partial charge in [-0.25, -0.2) is 4.98 Å². The predicted octanol–water partition coefficient (Wildman–Crippen LogP) is 3.85. The summed E-state index contributed by atoms with van der Waals surface area (Å²) in [6.07, 6.45) is 5.00. The van der Waals surface area contributed by atoms with Crippen LogP contribution in [0.25, 0.3) is 17.1 Å². The van der Waals surface area contributed by atoms with E-state index in [1.165, 1.54) is 18.2 Å². The lowest BCUT2D eigenvalue weighted by molar-refractivity contribution is -0.384. The summed E-state index contributed by atoms with van der Waals surface area (Å²) >= 11 is 0. The Morgan fingerprint density at radius 1 is 1.22 bits per heavy atom. The largest absolute Gasteiger partial charge is 0.340 e. The summed E-state index contributed by atoms with van der Waals surface area (Å²) < 4.78 is 0. The number of likely N-dealkylation sites (tertiary alicyclic amines) is 1. The first-order valence-corrected chi connectivity index (χ1v) is 8.79. The summed E-state index contributed by atoms with van der Waals surface area (Å²) in [6, 6.07) is 13.9. The van der Waals surface area contributed by atoms with Crippen molar-refractivity contribution in [1.29, 1.82) is 0 Å². The number of para-hydroxylation sites is 2. The lowest BCUT2D eigenvalue weighted by Gasteiger charge is -2.21. The number of nitro groups is 1. The molecule has 7 heteroatoms. The predicted molar refractivity (Wildman–Crippen MR) is 102 cm³/mol. The fourth-order valence-electron chi connectivity index (χ4n) is 3.42. The third kappa shape index (κ3) is 3.44. The zero-order valence-electron chi connectivity index (χ0n) is 14.5. The molecule has 1 aliphatic heterocycles. The minimum absolute atomic E-state index is 0.0305. The highest BCUT2D eigenvalue weighted by Gasteiger charge is 2.31. The number of rotatable bonds is 4. The van der Waals surface area contributed by atoms with Crippen LogP contribution in [-0.2, 0) is 4.79 Å². The first kappa shape index (κ1) is 17.0. The molecule has 2 heterocycles. The molecule has 0 radical (unpaired) electrons. The first-order chi connectivity index (χ1) is 13.1. The maximum absolute atomic E-state index is 12.7. The van der Waals surface area contributed by atoms with Gasteiger partial charge in [0.2, 0.25) is 5.91 Å². The topological polar surface area (TPSA) is 92.1 Å². The molecule has 2 aromatic carbocycles. The Labute approximate surface area is 155 Å². The van der Waals surface area contributed by atoms with Crippen LogP contribution in [0.3, 0.4) is 0 Å². The number of nitrogens with one attached hydrogen (secondary N) is 1. The van der Waals surface area contributed by atoms with Crippen LogP contribution in [0.15, 0.2) is 54.6 Å². The van der Waals surface area contributed by atoms with Gasteiger partial charge >= 0.3 is 0 Å². The second-order valence-electron chi connectivity index (χ2n) is 6.51. The van der Waals surface area contributed by atoms with Gasteiger partial charge in [0.25, 0.3) is 5.69 Å². The van der Waals surface area contributed by atoms with Crippen LogP contribution >= 0.6 is 0 Å². The van der Waals surface area contributed by atoms with Gasteiger partial charge in [-0.05, 0) is 48.7 Å². The fourth-order valence-corrected chi connectivity index (χ4v) is 3.42. The average Bonchev–Trinajstić information content (AvgIpc) is 3.32. The molecule has 1 unspecified atom stereocenters. The van der Waals surface area contributed by atoms with Crippen LogP contribution < -0.4 is 0 Å². The van der Waals surface area contributed by atoms with E-state index in [1.807, 2.05) is 29.2 Å². The summed E-state index contributed by atoms with van der Waals surface area (Å²) in [7, 11) is 0. The highest BCUT2D eigenvalue weighted by Crippen LogP contribution is 2.31. The van der Waals surface area contributed by atoms with Crippen LogP contribution in [-0.4, -0.2) is 32.2 Å². The molecule has 1 aromatic heterocycles. The zero-order valence-corrected chi connectivity index (χ0v) is 14.5. The molecule has 1 atom stereocenters. The van der Waals surface area contributed by atoms with Crippen molar-refractivity contribution in [2.24, 2.45) is 0 Å². The van der Waals surface area contributed by atoms with Gasteiger partial charge in [-0.3, -0.25) is 14.9 Å². The summed E-state index contributed by atoms with van der Waals surface area (Å²) in [5, 5.41) is 10.7. The van der Waals surface area contributed by atoms with Gasteiger partial charge in [-0.1, -0.05) is 12.1 Å². The summed E-state index contributed by atoms with van der Waals surface area (Å²) in [5.41, 5.74) is 2.64. The molecule has 0 aliphatic carbocycles. The van der Waals surface area contributed by atoms with Gasteiger partial charge in [0.1, 0.15) is 5.82 Å². The zero-order chi connectivity index (χ0) is 18.8. The number of fused-ring (bicyclic) bond motifs is 1. The van der Waals surface area contributed by atoms with Crippen LogP contribution in [0.1, 0.15) is 30.3 Å². The van der Waals surface area contributed by atoms with Crippen molar-refractivity contribution in [3.05, 3.63) is 76.1 Å². The van der Waals surface area contributed by atoms with E-state index >= 15 is 0 Å². The van der Waals surface area contributed by atoms with Crippen LogP contribution in [0.2, 0.25) is 0 Å². The number of imidazole rings is 1. The van der Waals surface area contributed by atoms with E-state index < -0.39 is 4.92 Å². The second-order valence-corrected chi connectivity index (χ2v) is 6.51. The Morgan fingerprint density at radius 2 is 2.00 bits per heavy atom. The number of amides is 1. The van der Waals surface area contributed by atoms with E-state index in [1.54, 1.807) is 18.2 Å². The van der Waals surface area contributed by atoms with E-state index in [4.69, 9.17) is 0 Å². The highest BCUT2D eigenvalue weighted by atomic mass is 16.6. The molecule has 7 nitrogen and oxygen atoms in total. The molecule has 0 saturated carbocycles. The van der Waals surface area contributed by atoms with Crippen molar-refractivity contribution in [2.45, 2.75) is 18.9 Å². The van der Waals surface area contributed by atoms with Gasteiger partial charge in [-0.15, -0.1) is 0 Å². The third-order valence-corrected chi connectivity index (χ3v) is 4.78. The lowest BCUT2D eigenvalue weighted by Crippen LogP contribution is -2.29. The number of non-ortho nitro benzene ring substituents is 1. The monoisotopic (exact) mass is 362 g/mol. The van der Waals surface area contributed by atoms with Crippen molar-refractivity contribution in [1.82, 2.24) is 14.9 Å². The second kappa shape index (κ2) is 7.03. The number of nitrogens with zero attached hydrogens (tertiary/aromatic N) is 3. The van der Waals surface area contributed by atoms with E-state index in [9.17, 15) is 14.9 Å². The standard InChI is InChI=1S/C20H18N4O3/c25-19(12-9-14-7-10-15(11-8-14)24(26)27)23-13-3-6-18(23)20-21-16-4-1-2-5-17(16)22-20/h1-2,4-5,7-12,18H,3,6,13H2,(H,21,22). The fraction of sp³-hybridized carbons (Fsp3) is 0.200. The van der Waals surface area contributed by atoms with Gasteiger partial charge in [0, 0.05) is 24.8 Å². The molecule has 1 fully saturated rings. The van der Waals surface area contributed by atoms with Crippen molar-refractivity contribution in [3.63, 3.8) is 0 Å². The van der Waals surface area contributed by atoms with Gasteiger partial charge < -0.3 is 9.88 Å². The number of hydrogen-bond donors (Lipinski definition) is 1. The number of aromatic nitrogens is 2. The summed E-state index contributed by atoms with van der Waals surface area (Å²) in [6.45, 7) is 0.686. The molecule has 4 rings (SSSR count). The van der Waals surface area contributed by atoms with Crippen molar-refractivity contribution < 1.29 is 9.72 Å². The van der Waals surface area contributed by atoms with Crippen LogP contribution in [0, 0.1) is 10.1 Å². The van der Waals surface area contributed by atoms with E-state index in [0.717, 1.165) is 35.3 Å². The number of H-pyrrole nitrogens is 1. The normalized spacial score (nSPS) is 17.0. The van der Waals surface area contributed by atoms with E-state index in [2.05, 4.69) is 9.97 Å². The number of carbonyl (C=O) groups excluding carboxylic acids is 1. The SMILES string of the molecule is O=C(C=Cc1ccc([N+](=O)[O-])cc1)N1CCCC1c1nc2ccccc2[nH]1. The third-order valence-electron chi connectivity index (χ3n) is 4.78. The van der Waals surface area contributed by atoms with E-state index in [0.29, 0.717) is 6.54 Å².